The average Bonchev–Trinajstić information content (AvgIpc) is 2.64. The van der Waals surface area contributed by atoms with Crippen molar-refractivity contribution < 1.29 is 19.4 Å². The molecule has 0 atom stereocenters. The molecule has 0 spiro atoms. The van der Waals surface area contributed by atoms with Crippen LogP contribution >= 0.6 is 23.2 Å². The number of nitrogens with one attached hydrogen (secondary N) is 2. The highest BCUT2D eigenvalue weighted by Gasteiger charge is 2.22. The number of carbonyl (C=O) groups is 2. The summed E-state index contributed by atoms with van der Waals surface area (Å²) in [6, 6.07) is 7.21. The number of nitro groups is 2. The van der Waals surface area contributed by atoms with E-state index in [1.54, 1.807) is 0 Å². The van der Waals surface area contributed by atoms with E-state index in [0.29, 0.717) is 0 Å². The maximum atomic E-state index is 12.1. The van der Waals surface area contributed by atoms with Gasteiger partial charge in [-0.1, -0.05) is 23.2 Å². The summed E-state index contributed by atoms with van der Waals surface area (Å²) in [5.41, 5.74) is -1.28. The molecule has 10 nitrogen and oxygen atoms in total. The van der Waals surface area contributed by atoms with Crippen LogP contribution in [0.4, 0.5) is 11.4 Å². The summed E-state index contributed by atoms with van der Waals surface area (Å²) >= 11 is 11.4. The fourth-order valence-electron chi connectivity index (χ4n) is 2.24. The molecule has 0 radical (unpaired) electrons. The van der Waals surface area contributed by atoms with Gasteiger partial charge in [0.15, 0.2) is 0 Å². The van der Waals surface area contributed by atoms with Crippen LogP contribution in [-0.4, -0.2) is 34.8 Å². The highest BCUT2D eigenvalue weighted by molar-refractivity contribution is 6.31. The number of rotatable bonds is 7. The van der Waals surface area contributed by atoms with Crippen molar-refractivity contribution >= 4 is 46.4 Å². The minimum Gasteiger partial charge on any atom is -0.350 e. The SMILES string of the molecule is O=C(NCCNC(=O)c1ccc(Cl)cc1[N+](=O)[O-])c1ccc(Cl)cc1[N+](=O)[O-]. The highest BCUT2D eigenvalue weighted by Crippen LogP contribution is 2.24. The molecule has 2 rings (SSSR count). The molecule has 0 aliphatic carbocycles. The molecule has 146 valence electrons. The van der Waals surface area contributed by atoms with Crippen molar-refractivity contribution in [2.45, 2.75) is 0 Å². The zero-order chi connectivity index (χ0) is 20.8. The van der Waals surface area contributed by atoms with Gasteiger partial charge in [-0.3, -0.25) is 29.8 Å². The summed E-state index contributed by atoms with van der Waals surface area (Å²) in [6.07, 6.45) is 0. The minimum atomic E-state index is -0.734. The molecule has 0 aliphatic heterocycles. The van der Waals surface area contributed by atoms with Gasteiger partial charge in [0.1, 0.15) is 11.1 Å². The monoisotopic (exact) mass is 426 g/mol. The van der Waals surface area contributed by atoms with E-state index in [-0.39, 0.29) is 34.3 Å². The van der Waals surface area contributed by atoms with E-state index in [1.165, 1.54) is 24.3 Å². The second-order valence-corrected chi connectivity index (χ2v) is 6.22. The quantitative estimate of drug-likeness (QED) is 0.395. The van der Waals surface area contributed by atoms with Crippen molar-refractivity contribution in [2.75, 3.05) is 13.1 Å². The van der Waals surface area contributed by atoms with Crippen molar-refractivity contribution in [1.82, 2.24) is 10.6 Å². The number of nitrogens with zero attached hydrogens (tertiary/aromatic N) is 2. The van der Waals surface area contributed by atoms with Gasteiger partial charge in [0, 0.05) is 35.3 Å². The summed E-state index contributed by atoms with van der Waals surface area (Å²) in [5, 5.41) is 27.1. The molecule has 0 fully saturated rings. The first-order valence-electron chi connectivity index (χ1n) is 7.65. The third kappa shape index (κ3) is 5.15. The Bertz CT molecular complexity index is 889. The summed E-state index contributed by atoms with van der Waals surface area (Å²) in [7, 11) is 0. The molecule has 0 aromatic heterocycles. The lowest BCUT2D eigenvalue weighted by Gasteiger charge is -2.08. The van der Waals surface area contributed by atoms with Crippen molar-refractivity contribution in [3.63, 3.8) is 0 Å². The number of carbonyl (C=O) groups excluding carboxylic acids is 2. The van der Waals surface area contributed by atoms with Gasteiger partial charge in [-0.05, 0) is 24.3 Å². The van der Waals surface area contributed by atoms with Crippen LogP contribution in [-0.2, 0) is 0 Å². The molecule has 0 aliphatic rings. The Kier molecular flexibility index (Phi) is 6.85. The second kappa shape index (κ2) is 9.11. The number of benzene rings is 2. The zero-order valence-corrected chi connectivity index (χ0v) is 15.5. The summed E-state index contributed by atoms with van der Waals surface area (Å²) < 4.78 is 0. The number of hydrogen-bond donors (Lipinski definition) is 2. The maximum absolute atomic E-state index is 12.1. The van der Waals surface area contributed by atoms with Crippen LogP contribution in [0, 0.1) is 20.2 Å². The smallest absolute Gasteiger partial charge is 0.283 e. The number of amides is 2. The third-order valence-corrected chi connectivity index (χ3v) is 3.97. The topological polar surface area (TPSA) is 144 Å². The Morgan fingerprint density at radius 1 is 0.786 bits per heavy atom. The molecule has 2 amide bonds. The van der Waals surface area contributed by atoms with E-state index < -0.39 is 33.0 Å². The lowest BCUT2D eigenvalue weighted by Crippen LogP contribution is -2.35. The Balaban J connectivity index is 1.97. The van der Waals surface area contributed by atoms with Gasteiger partial charge in [0.2, 0.25) is 0 Å². The lowest BCUT2D eigenvalue weighted by molar-refractivity contribution is -0.385. The molecule has 28 heavy (non-hydrogen) atoms. The van der Waals surface area contributed by atoms with Crippen molar-refractivity contribution in [1.29, 1.82) is 0 Å². The van der Waals surface area contributed by atoms with E-state index in [1.807, 2.05) is 0 Å². The Labute approximate surface area is 167 Å². The van der Waals surface area contributed by atoms with E-state index in [4.69, 9.17) is 23.2 Å². The van der Waals surface area contributed by atoms with Gasteiger partial charge < -0.3 is 10.6 Å². The standard InChI is InChI=1S/C16H12Cl2N4O6/c17-9-1-3-11(13(7-9)21(25)26)15(23)19-5-6-20-16(24)12-4-2-10(18)8-14(12)22(27)28/h1-4,7-8H,5-6H2,(H,19,23)(H,20,24). The van der Waals surface area contributed by atoms with Gasteiger partial charge in [-0.25, -0.2) is 0 Å². The lowest BCUT2D eigenvalue weighted by atomic mass is 10.1. The molecule has 0 saturated carbocycles. The van der Waals surface area contributed by atoms with Gasteiger partial charge >= 0.3 is 0 Å². The number of nitro benzene ring substituents is 2. The Morgan fingerprint density at radius 3 is 1.46 bits per heavy atom. The van der Waals surface area contributed by atoms with Crippen molar-refractivity contribution in [3.8, 4) is 0 Å². The molecule has 12 heteroatoms. The Hall–Kier alpha value is -3.24. The first-order valence-corrected chi connectivity index (χ1v) is 8.40. The van der Waals surface area contributed by atoms with Crippen molar-refractivity contribution in [3.05, 3.63) is 77.8 Å². The zero-order valence-electron chi connectivity index (χ0n) is 14.0. The van der Waals surface area contributed by atoms with Crippen LogP contribution in [0.25, 0.3) is 0 Å². The average molecular weight is 427 g/mol. The van der Waals surface area contributed by atoms with Crippen LogP contribution in [0.5, 0.6) is 0 Å². The van der Waals surface area contributed by atoms with Crippen LogP contribution in [0.1, 0.15) is 20.7 Å². The normalized spacial score (nSPS) is 10.2. The molecule has 0 heterocycles. The van der Waals surface area contributed by atoms with Gasteiger partial charge in [-0.2, -0.15) is 0 Å². The van der Waals surface area contributed by atoms with E-state index in [2.05, 4.69) is 10.6 Å². The second-order valence-electron chi connectivity index (χ2n) is 5.35. The number of hydrogen-bond acceptors (Lipinski definition) is 6. The molecular weight excluding hydrogens is 415 g/mol. The van der Waals surface area contributed by atoms with Gasteiger partial charge in [-0.15, -0.1) is 0 Å². The third-order valence-electron chi connectivity index (χ3n) is 3.50. The van der Waals surface area contributed by atoms with Gasteiger partial charge in [0.25, 0.3) is 23.2 Å². The summed E-state index contributed by atoms with van der Waals surface area (Å²) in [5.74, 6) is -1.45. The predicted octanol–water partition coefficient (Wildman–Crippen LogP) is 2.97. The Morgan fingerprint density at radius 2 is 1.14 bits per heavy atom. The molecule has 2 N–H and O–H groups in total. The highest BCUT2D eigenvalue weighted by atomic mass is 35.5. The fourth-order valence-corrected chi connectivity index (χ4v) is 2.57. The van der Waals surface area contributed by atoms with Gasteiger partial charge in [0.05, 0.1) is 9.85 Å². The fraction of sp³-hybridized carbons (Fsp3) is 0.125. The van der Waals surface area contributed by atoms with E-state index in [0.717, 1.165) is 12.1 Å². The summed E-state index contributed by atoms with van der Waals surface area (Å²) in [6.45, 7) is -0.127. The molecule has 0 bridgehead atoms. The summed E-state index contributed by atoms with van der Waals surface area (Å²) in [4.78, 5) is 44.8. The van der Waals surface area contributed by atoms with Crippen LogP contribution in [0.2, 0.25) is 10.0 Å². The largest absolute Gasteiger partial charge is 0.350 e. The van der Waals surface area contributed by atoms with E-state index >= 15 is 0 Å². The molecule has 0 unspecified atom stereocenters. The first kappa shape index (κ1) is 21.1. The van der Waals surface area contributed by atoms with Crippen LogP contribution in [0.15, 0.2) is 36.4 Å². The van der Waals surface area contributed by atoms with Crippen LogP contribution in [0.3, 0.4) is 0 Å². The maximum Gasteiger partial charge on any atom is 0.283 e. The molecule has 2 aromatic carbocycles. The van der Waals surface area contributed by atoms with Crippen molar-refractivity contribution in [2.24, 2.45) is 0 Å². The minimum absolute atomic E-state index is 0.0637. The molecule has 0 saturated heterocycles. The number of halogens is 2. The van der Waals surface area contributed by atoms with Crippen LogP contribution < -0.4 is 10.6 Å². The van der Waals surface area contributed by atoms with E-state index in [9.17, 15) is 29.8 Å². The predicted molar refractivity (Wildman–Crippen MR) is 101 cm³/mol. The molecule has 2 aromatic rings. The first-order chi connectivity index (χ1) is 13.2. The molecular formula is C16H12Cl2N4O6.